The Kier molecular flexibility index (Phi) is 9.70. The van der Waals surface area contributed by atoms with Crippen molar-refractivity contribution in [3.05, 3.63) is 60.2 Å². The molecule has 5 aliphatic rings. The van der Waals surface area contributed by atoms with Gasteiger partial charge in [0.2, 0.25) is 17.7 Å². The Morgan fingerprint density at radius 2 is 1.76 bits per heavy atom. The number of amides is 3. The van der Waals surface area contributed by atoms with Gasteiger partial charge in [-0.2, -0.15) is 0 Å². The van der Waals surface area contributed by atoms with Gasteiger partial charge in [0.25, 0.3) is 0 Å². The summed E-state index contributed by atoms with van der Waals surface area (Å²) >= 11 is 0. The van der Waals surface area contributed by atoms with Crippen molar-refractivity contribution in [3.63, 3.8) is 0 Å². The summed E-state index contributed by atoms with van der Waals surface area (Å²) in [5, 5.41) is 12.4. The minimum atomic E-state index is -1.31. The molecule has 10 heteroatoms. The zero-order valence-electron chi connectivity index (χ0n) is 25.9. The van der Waals surface area contributed by atoms with Gasteiger partial charge in [0.1, 0.15) is 18.2 Å². The lowest BCUT2D eigenvalue weighted by Crippen LogP contribution is -2.57. The lowest BCUT2D eigenvalue weighted by molar-refractivity contribution is -0.149. The Hall–Kier alpha value is -3.50. The minimum absolute atomic E-state index is 0.0331. The maximum atomic E-state index is 14.6. The van der Waals surface area contributed by atoms with Crippen molar-refractivity contribution in [1.29, 1.82) is 0 Å². The van der Waals surface area contributed by atoms with Crippen LogP contribution in [0, 0.1) is 11.8 Å². The number of nitrogens with zero attached hydrogens (tertiary/aromatic N) is 2. The Morgan fingerprint density at radius 1 is 0.956 bits per heavy atom. The smallest absolute Gasteiger partial charge is 0.306 e. The molecule has 1 aromatic rings. The molecule has 4 heterocycles. The Balaban J connectivity index is 1.38. The number of fused-ring (bicyclic) bond motifs is 2. The Morgan fingerprint density at radius 3 is 2.53 bits per heavy atom. The highest BCUT2D eigenvalue weighted by Gasteiger charge is 2.71. The molecule has 0 aromatic heterocycles. The van der Waals surface area contributed by atoms with Gasteiger partial charge < -0.3 is 29.7 Å². The number of aliphatic hydroxyl groups is 1. The predicted octanol–water partition coefficient (Wildman–Crippen LogP) is 3.21. The van der Waals surface area contributed by atoms with Gasteiger partial charge in [0.15, 0.2) is 0 Å². The van der Waals surface area contributed by atoms with Crippen LogP contribution in [0.5, 0.6) is 0 Å². The van der Waals surface area contributed by atoms with E-state index in [9.17, 15) is 24.3 Å². The van der Waals surface area contributed by atoms with E-state index in [0.717, 1.165) is 37.7 Å². The van der Waals surface area contributed by atoms with Crippen LogP contribution >= 0.6 is 0 Å². The number of nitrogens with one attached hydrogen (secondary N) is 1. The van der Waals surface area contributed by atoms with Crippen molar-refractivity contribution in [1.82, 2.24) is 15.1 Å². The topological polar surface area (TPSA) is 125 Å². The first-order chi connectivity index (χ1) is 21.9. The zero-order valence-corrected chi connectivity index (χ0v) is 25.9. The molecule has 242 valence electrons. The zero-order chi connectivity index (χ0) is 31.4. The first kappa shape index (κ1) is 31.5. The lowest BCUT2D eigenvalue weighted by atomic mass is 9.77. The molecule has 1 saturated carbocycles. The molecule has 3 amide bonds. The summed E-state index contributed by atoms with van der Waals surface area (Å²) < 4.78 is 12.4. The van der Waals surface area contributed by atoms with Crippen molar-refractivity contribution < 1.29 is 33.8 Å². The molecule has 0 unspecified atom stereocenters. The number of carbonyl (C=O) groups excluding carboxylic acids is 4. The second-order valence-corrected chi connectivity index (χ2v) is 13.0. The molecular formula is C35H45N3O7. The van der Waals surface area contributed by atoms with Gasteiger partial charge in [0.05, 0.1) is 24.0 Å². The molecule has 0 bridgehead atoms. The van der Waals surface area contributed by atoms with Crippen molar-refractivity contribution in [2.45, 2.75) is 94.0 Å². The van der Waals surface area contributed by atoms with Crippen LogP contribution in [-0.4, -0.2) is 88.7 Å². The molecular weight excluding hydrogens is 574 g/mol. The fourth-order valence-electron chi connectivity index (χ4n) is 7.99. The normalized spacial score (nSPS) is 33.3. The fraction of sp³-hybridized carbons (Fsp3) is 0.600. The van der Waals surface area contributed by atoms with Gasteiger partial charge in [-0.3, -0.25) is 19.2 Å². The minimum Gasteiger partial charge on any atom is -0.463 e. The van der Waals surface area contributed by atoms with E-state index in [4.69, 9.17) is 9.47 Å². The number of benzene rings is 1. The third-order valence-electron chi connectivity index (χ3n) is 10.2. The quantitative estimate of drug-likeness (QED) is 0.273. The van der Waals surface area contributed by atoms with Crippen LogP contribution in [0.15, 0.2) is 54.6 Å². The molecule has 2 N–H and O–H groups in total. The van der Waals surface area contributed by atoms with Crippen LogP contribution in [0.3, 0.4) is 0 Å². The second-order valence-electron chi connectivity index (χ2n) is 13.0. The summed E-state index contributed by atoms with van der Waals surface area (Å²) in [5.41, 5.74) is -0.523. The third kappa shape index (κ3) is 6.19. The van der Waals surface area contributed by atoms with E-state index < -0.39 is 35.6 Å². The number of ether oxygens (including phenoxy) is 2. The molecule has 6 atom stereocenters. The molecule has 45 heavy (non-hydrogen) atoms. The third-order valence-corrected chi connectivity index (χ3v) is 10.2. The molecule has 1 aliphatic carbocycles. The number of aliphatic hydroxyl groups excluding tert-OH is 1. The molecule has 6 rings (SSSR count). The molecule has 1 aromatic carbocycles. The standard InChI is InChI=1S/C35H45N3O7/c39-22-11-3-10-20-38-31-34(43)37(25-15-6-2-7-16-25)21-12-19-35(31)30(33(38)42)29-27(45-35)17-8-9-18-28(40)44-23-26(36-32(29)41)24-13-4-1-5-14-24/h1,4-5,8,12-14,17,19,25-27,29-31,39H,2-3,6-7,9-11,15-16,18,20-23H2,(H,36,41)/b17-8-/t26-,27+,29-,30-,31+,35-/m0/s1. The van der Waals surface area contributed by atoms with Crippen LogP contribution in [0.25, 0.3) is 0 Å². The van der Waals surface area contributed by atoms with Crippen molar-refractivity contribution in [2.24, 2.45) is 11.8 Å². The molecule has 0 radical (unpaired) electrons. The van der Waals surface area contributed by atoms with Gasteiger partial charge in [0, 0.05) is 32.2 Å². The highest BCUT2D eigenvalue weighted by atomic mass is 16.5. The van der Waals surface area contributed by atoms with Crippen LogP contribution < -0.4 is 5.32 Å². The predicted molar refractivity (Wildman–Crippen MR) is 165 cm³/mol. The number of rotatable bonds is 7. The first-order valence-electron chi connectivity index (χ1n) is 16.7. The molecule has 1 spiro atoms. The van der Waals surface area contributed by atoms with Gasteiger partial charge in [-0.05, 0) is 44.1 Å². The van der Waals surface area contributed by atoms with E-state index in [1.807, 2.05) is 53.5 Å². The number of hydrogen-bond acceptors (Lipinski definition) is 7. The Bertz CT molecular complexity index is 1310. The van der Waals surface area contributed by atoms with Crippen molar-refractivity contribution >= 4 is 23.7 Å². The monoisotopic (exact) mass is 619 g/mol. The van der Waals surface area contributed by atoms with Gasteiger partial charge in [-0.25, -0.2) is 0 Å². The van der Waals surface area contributed by atoms with Crippen LogP contribution in [0.4, 0.5) is 0 Å². The summed E-state index contributed by atoms with van der Waals surface area (Å²) in [6.07, 6.45) is 14.4. The lowest BCUT2D eigenvalue weighted by Gasteiger charge is -2.39. The number of allylic oxidation sites excluding steroid dienone is 1. The Labute approximate surface area is 264 Å². The number of carbonyl (C=O) groups is 4. The van der Waals surface area contributed by atoms with Crippen LogP contribution in [0.1, 0.15) is 75.8 Å². The second kappa shape index (κ2) is 13.9. The van der Waals surface area contributed by atoms with E-state index in [-0.39, 0.29) is 49.4 Å². The van der Waals surface area contributed by atoms with E-state index in [2.05, 4.69) is 5.32 Å². The van der Waals surface area contributed by atoms with Gasteiger partial charge in [-0.1, -0.05) is 73.9 Å². The summed E-state index contributed by atoms with van der Waals surface area (Å²) in [6.45, 7) is 0.824. The van der Waals surface area contributed by atoms with Crippen LogP contribution in [0.2, 0.25) is 0 Å². The first-order valence-corrected chi connectivity index (χ1v) is 16.7. The molecule has 4 aliphatic heterocycles. The van der Waals surface area contributed by atoms with Crippen molar-refractivity contribution in [2.75, 3.05) is 26.3 Å². The maximum absolute atomic E-state index is 14.6. The number of cyclic esters (lactones) is 1. The summed E-state index contributed by atoms with van der Waals surface area (Å²) in [7, 11) is 0. The fourth-order valence-corrected chi connectivity index (χ4v) is 7.99. The number of hydrogen-bond donors (Lipinski definition) is 2. The SMILES string of the molecule is O=C1CC/C=C\[C@H]2O[C@]34C=CCN(C5CCCCC5)C(=O)[C@H]3N(CCCCCO)C(=O)[C@@H]4[C@H]2C(=O)N[C@H](c2ccccc2)CO1. The summed E-state index contributed by atoms with van der Waals surface area (Å²) in [5.74, 6) is -2.89. The maximum Gasteiger partial charge on any atom is 0.306 e. The van der Waals surface area contributed by atoms with Gasteiger partial charge >= 0.3 is 5.97 Å². The van der Waals surface area contributed by atoms with E-state index in [0.29, 0.717) is 38.8 Å². The molecule has 3 fully saturated rings. The summed E-state index contributed by atoms with van der Waals surface area (Å²) in [6, 6.07) is 7.94. The number of esters is 1. The van der Waals surface area contributed by atoms with E-state index in [1.165, 1.54) is 0 Å². The van der Waals surface area contributed by atoms with Gasteiger partial charge in [-0.15, -0.1) is 0 Å². The van der Waals surface area contributed by atoms with E-state index >= 15 is 0 Å². The van der Waals surface area contributed by atoms with E-state index in [1.54, 1.807) is 11.0 Å². The summed E-state index contributed by atoms with van der Waals surface area (Å²) in [4.78, 5) is 59.5. The highest BCUT2D eigenvalue weighted by Crippen LogP contribution is 2.53. The number of likely N-dealkylation sites (tertiary alicyclic amines) is 1. The van der Waals surface area contributed by atoms with Crippen LogP contribution in [-0.2, 0) is 28.7 Å². The number of unbranched alkanes of at least 4 members (excludes halogenated alkanes) is 2. The molecule has 2 saturated heterocycles. The highest BCUT2D eigenvalue weighted by molar-refractivity contribution is 5.99. The van der Waals surface area contributed by atoms with Crippen molar-refractivity contribution in [3.8, 4) is 0 Å². The largest absolute Gasteiger partial charge is 0.463 e. The average Bonchev–Trinajstić information content (AvgIpc) is 3.44. The molecule has 10 nitrogen and oxygen atoms in total. The average molecular weight is 620 g/mol.